The minimum Gasteiger partial charge on any atom is -0.481 e. The molecule has 1 N–H and O–H groups in total. The molecule has 0 saturated heterocycles. The number of amides is 1. The van der Waals surface area contributed by atoms with Crippen LogP contribution in [-0.2, 0) is 21.4 Å². The third-order valence-corrected chi connectivity index (χ3v) is 4.00. The van der Waals surface area contributed by atoms with Crippen molar-refractivity contribution in [3.63, 3.8) is 0 Å². The molecular formula is C16H17BrFN3O4. The summed E-state index contributed by atoms with van der Waals surface area (Å²) >= 11 is 3.12. The summed E-state index contributed by atoms with van der Waals surface area (Å²) < 4.78 is 25.1. The van der Waals surface area contributed by atoms with Crippen LogP contribution in [0.15, 0.2) is 22.7 Å². The van der Waals surface area contributed by atoms with Crippen LogP contribution in [0.3, 0.4) is 0 Å². The van der Waals surface area contributed by atoms with E-state index in [0.717, 1.165) is 5.69 Å². The van der Waals surface area contributed by atoms with E-state index in [1.165, 1.54) is 18.2 Å². The molecule has 0 aliphatic rings. The molecule has 2 rings (SSSR count). The smallest absolute Gasteiger partial charge is 0.344 e. The van der Waals surface area contributed by atoms with Crippen molar-refractivity contribution in [1.29, 1.82) is 0 Å². The lowest BCUT2D eigenvalue weighted by Crippen LogP contribution is -2.24. The summed E-state index contributed by atoms with van der Waals surface area (Å²) in [7, 11) is 1.77. The van der Waals surface area contributed by atoms with E-state index in [-0.39, 0.29) is 0 Å². The summed E-state index contributed by atoms with van der Waals surface area (Å²) in [6.45, 7) is 2.74. The third kappa shape index (κ3) is 5.02. The molecule has 1 heterocycles. The fraction of sp³-hybridized carbons (Fsp3) is 0.312. The van der Waals surface area contributed by atoms with Gasteiger partial charge in [-0.2, -0.15) is 5.10 Å². The van der Waals surface area contributed by atoms with Gasteiger partial charge in [-0.15, -0.1) is 0 Å². The van der Waals surface area contributed by atoms with Gasteiger partial charge in [0, 0.05) is 7.05 Å². The Balaban J connectivity index is 1.80. The van der Waals surface area contributed by atoms with Crippen molar-refractivity contribution >= 4 is 33.5 Å². The lowest BCUT2D eigenvalue weighted by Gasteiger charge is -2.09. The number of aromatic nitrogens is 2. The van der Waals surface area contributed by atoms with Crippen LogP contribution in [0.1, 0.15) is 11.4 Å². The highest BCUT2D eigenvalue weighted by molar-refractivity contribution is 9.10. The van der Waals surface area contributed by atoms with Crippen molar-refractivity contribution in [2.45, 2.75) is 13.8 Å². The van der Waals surface area contributed by atoms with E-state index in [9.17, 15) is 14.0 Å². The molecule has 2 aromatic rings. The van der Waals surface area contributed by atoms with Crippen molar-refractivity contribution in [3.8, 4) is 5.75 Å². The van der Waals surface area contributed by atoms with Crippen molar-refractivity contribution < 1.29 is 23.5 Å². The maximum atomic E-state index is 13.0. The van der Waals surface area contributed by atoms with Crippen LogP contribution in [0, 0.1) is 19.7 Å². The molecule has 0 aliphatic carbocycles. The van der Waals surface area contributed by atoms with E-state index in [1.807, 2.05) is 6.92 Å². The second-order valence-electron chi connectivity index (χ2n) is 5.24. The second kappa shape index (κ2) is 8.11. The lowest BCUT2D eigenvalue weighted by molar-refractivity contribution is -0.149. The van der Waals surface area contributed by atoms with Crippen molar-refractivity contribution in [3.05, 3.63) is 39.9 Å². The Morgan fingerprint density at radius 3 is 2.64 bits per heavy atom. The molecule has 0 fully saturated rings. The number of halogens is 2. The van der Waals surface area contributed by atoms with E-state index in [0.29, 0.717) is 21.6 Å². The van der Waals surface area contributed by atoms with Gasteiger partial charge in [0.05, 0.1) is 21.5 Å². The lowest BCUT2D eigenvalue weighted by atomic mass is 10.3. The van der Waals surface area contributed by atoms with Gasteiger partial charge >= 0.3 is 5.97 Å². The topological polar surface area (TPSA) is 82.5 Å². The highest BCUT2D eigenvalue weighted by Gasteiger charge is 2.14. The van der Waals surface area contributed by atoms with Gasteiger partial charge in [0.2, 0.25) is 0 Å². The molecule has 25 heavy (non-hydrogen) atoms. The Labute approximate surface area is 152 Å². The fourth-order valence-electron chi connectivity index (χ4n) is 2.05. The number of hydrogen-bond acceptors (Lipinski definition) is 5. The summed E-state index contributed by atoms with van der Waals surface area (Å²) in [5.74, 6) is -1.33. The number of aryl methyl sites for hydroxylation is 2. The zero-order chi connectivity index (χ0) is 18.6. The van der Waals surface area contributed by atoms with Crippen LogP contribution in [0.4, 0.5) is 10.1 Å². The predicted octanol–water partition coefficient (Wildman–Crippen LogP) is 2.50. The minimum absolute atomic E-state index is 0.296. The Kier molecular flexibility index (Phi) is 6.13. The number of carbonyl (C=O) groups is 2. The molecule has 0 spiro atoms. The van der Waals surface area contributed by atoms with Gasteiger partial charge in [0.15, 0.2) is 13.2 Å². The highest BCUT2D eigenvalue weighted by atomic mass is 79.9. The zero-order valence-electron chi connectivity index (χ0n) is 13.9. The van der Waals surface area contributed by atoms with Gasteiger partial charge in [-0.25, -0.2) is 9.18 Å². The second-order valence-corrected chi connectivity index (χ2v) is 6.10. The molecule has 0 unspecified atom stereocenters. The summed E-state index contributed by atoms with van der Waals surface area (Å²) in [5, 5.41) is 6.83. The summed E-state index contributed by atoms with van der Waals surface area (Å²) in [6.07, 6.45) is 0. The first-order chi connectivity index (χ1) is 11.8. The van der Waals surface area contributed by atoms with Crippen molar-refractivity contribution in [1.82, 2.24) is 9.78 Å². The Hall–Kier alpha value is -2.42. The first-order valence-corrected chi connectivity index (χ1v) is 8.10. The summed E-state index contributed by atoms with van der Waals surface area (Å²) in [5.41, 5.74) is 2.06. The minimum atomic E-state index is -0.717. The molecule has 0 radical (unpaired) electrons. The largest absolute Gasteiger partial charge is 0.481 e. The van der Waals surface area contributed by atoms with E-state index in [1.54, 1.807) is 18.7 Å². The first-order valence-electron chi connectivity index (χ1n) is 7.31. The number of benzene rings is 1. The van der Waals surface area contributed by atoms with E-state index < -0.39 is 30.9 Å². The van der Waals surface area contributed by atoms with Crippen LogP contribution in [0.2, 0.25) is 0 Å². The van der Waals surface area contributed by atoms with Gasteiger partial charge in [0.1, 0.15) is 11.6 Å². The number of nitrogens with one attached hydrogen (secondary N) is 1. The third-order valence-electron chi connectivity index (χ3n) is 3.38. The molecule has 9 heteroatoms. The zero-order valence-corrected chi connectivity index (χ0v) is 15.5. The Bertz CT molecular complexity index is 807. The first kappa shape index (κ1) is 18.9. The number of ether oxygens (including phenoxy) is 2. The Morgan fingerprint density at radius 1 is 1.32 bits per heavy atom. The molecule has 1 amide bonds. The van der Waals surface area contributed by atoms with Gasteiger partial charge < -0.3 is 14.8 Å². The maximum absolute atomic E-state index is 13.0. The van der Waals surface area contributed by atoms with Crippen LogP contribution in [-0.4, -0.2) is 34.9 Å². The molecule has 0 aliphatic heterocycles. The summed E-state index contributed by atoms with van der Waals surface area (Å²) in [4.78, 5) is 23.5. The number of nitrogens with zero attached hydrogens (tertiary/aromatic N) is 2. The van der Waals surface area contributed by atoms with E-state index in [2.05, 4.69) is 26.3 Å². The number of hydrogen-bond donors (Lipinski definition) is 1. The van der Waals surface area contributed by atoms with Gasteiger partial charge in [0.25, 0.3) is 5.91 Å². The molecule has 1 aromatic carbocycles. The molecule has 0 saturated carbocycles. The molecule has 0 bridgehead atoms. The van der Waals surface area contributed by atoms with Crippen LogP contribution in [0.25, 0.3) is 0 Å². The normalized spacial score (nSPS) is 10.4. The molecule has 1 aromatic heterocycles. The van der Waals surface area contributed by atoms with Gasteiger partial charge in [-0.3, -0.25) is 9.48 Å². The molecular weight excluding hydrogens is 397 g/mol. The number of rotatable bonds is 6. The van der Waals surface area contributed by atoms with Gasteiger partial charge in [-0.05, 0) is 48.0 Å². The summed E-state index contributed by atoms with van der Waals surface area (Å²) in [6, 6.07) is 3.80. The number of esters is 1. The fourth-order valence-corrected chi connectivity index (χ4v) is 2.51. The van der Waals surface area contributed by atoms with Crippen LogP contribution < -0.4 is 10.1 Å². The number of anilines is 1. The number of carbonyl (C=O) groups excluding carboxylic acids is 2. The molecule has 7 nitrogen and oxygen atoms in total. The van der Waals surface area contributed by atoms with Crippen molar-refractivity contribution in [2.75, 3.05) is 18.5 Å². The monoisotopic (exact) mass is 413 g/mol. The van der Waals surface area contributed by atoms with E-state index in [4.69, 9.17) is 9.47 Å². The maximum Gasteiger partial charge on any atom is 0.344 e. The average Bonchev–Trinajstić information content (AvgIpc) is 2.78. The average molecular weight is 414 g/mol. The SMILES string of the molecule is Cc1nn(C)c(C)c1NC(=O)COC(=O)COc1ccc(F)cc1Br. The van der Waals surface area contributed by atoms with Crippen LogP contribution >= 0.6 is 15.9 Å². The predicted molar refractivity (Wildman–Crippen MR) is 91.9 cm³/mol. The van der Waals surface area contributed by atoms with Crippen molar-refractivity contribution in [2.24, 2.45) is 7.05 Å². The Morgan fingerprint density at radius 2 is 2.04 bits per heavy atom. The standard InChI is InChI=1S/C16H17BrFN3O4/c1-9-16(10(2)21(3)20-9)19-14(22)7-25-15(23)8-24-13-5-4-11(18)6-12(13)17/h4-6H,7-8H2,1-3H3,(H,19,22). The quantitative estimate of drug-likeness (QED) is 0.735. The molecule has 134 valence electrons. The van der Waals surface area contributed by atoms with Crippen LogP contribution in [0.5, 0.6) is 5.75 Å². The van der Waals surface area contributed by atoms with E-state index >= 15 is 0 Å². The van der Waals surface area contributed by atoms with Gasteiger partial charge in [-0.1, -0.05) is 0 Å². The highest BCUT2D eigenvalue weighted by Crippen LogP contribution is 2.25. The molecule has 0 atom stereocenters.